The maximum Gasteiger partial charge on any atom is 0.160 e. The van der Waals surface area contributed by atoms with Gasteiger partial charge in [0.2, 0.25) is 0 Å². The molecule has 1 heterocycles. The van der Waals surface area contributed by atoms with Crippen molar-refractivity contribution in [2.45, 2.75) is 19.9 Å². The molecule has 2 aromatic rings. The van der Waals surface area contributed by atoms with Crippen LogP contribution < -0.4 is 10.1 Å². The van der Waals surface area contributed by atoms with Gasteiger partial charge in [-0.25, -0.2) is 0 Å². The van der Waals surface area contributed by atoms with Gasteiger partial charge in [0, 0.05) is 10.7 Å². The Hall–Kier alpha value is -1.74. The van der Waals surface area contributed by atoms with Gasteiger partial charge in [-0.2, -0.15) is 0 Å². The Kier molecular flexibility index (Phi) is 4.27. The summed E-state index contributed by atoms with van der Waals surface area (Å²) < 4.78 is 5.31. The summed E-state index contributed by atoms with van der Waals surface area (Å²) >= 11 is 6.21. The molecule has 1 unspecified atom stereocenters. The largest absolute Gasteiger partial charge is 0.493 e. The van der Waals surface area contributed by atoms with E-state index in [0.29, 0.717) is 0 Å². The number of hydrogen-bond donors (Lipinski definition) is 1. The van der Waals surface area contributed by atoms with Crippen LogP contribution in [0.4, 0.5) is 5.69 Å². The SMILES string of the molecule is COc1cnc(C)cc1NC(C)c1ccccc1Cl. The van der Waals surface area contributed by atoms with Crippen LogP contribution in [-0.4, -0.2) is 12.1 Å². The highest BCUT2D eigenvalue weighted by Gasteiger charge is 2.12. The lowest BCUT2D eigenvalue weighted by molar-refractivity contribution is 0.414. The fourth-order valence-electron chi connectivity index (χ4n) is 1.96. The van der Waals surface area contributed by atoms with Crippen molar-refractivity contribution in [2.24, 2.45) is 0 Å². The Bertz CT molecular complexity index is 572. The quantitative estimate of drug-likeness (QED) is 0.908. The molecule has 3 nitrogen and oxygen atoms in total. The smallest absolute Gasteiger partial charge is 0.160 e. The second kappa shape index (κ2) is 5.93. The van der Waals surface area contributed by atoms with Crippen LogP contribution in [0.2, 0.25) is 5.02 Å². The van der Waals surface area contributed by atoms with E-state index in [1.807, 2.05) is 37.3 Å². The molecule has 0 aliphatic carbocycles. The third-order valence-corrected chi connectivity index (χ3v) is 3.31. The number of benzene rings is 1. The highest BCUT2D eigenvalue weighted by Crippen LogP contribution is 2.30. The van der Waals surface area contributed by atoms with Crippen molar-refractivity contribution in [1.82, 2.24) is 4.98 Å². The molecule has 1 aromatic carbocycles. The summed E-state index contributed by atoms with van der Waals surface area (Å²) in [7, 11) is 1.64. The van der Waals surface area contributed by atoms with Gasteiger partial charge in [-0.05, 0) is 31.5 Å². The summed E-state index contributed by atoms with van der Waals surface area (Å²) in [5.74, 6) is 0.726. The first-order valence-electron chi connectivity index (χ1n) is 6.13. The number of methoxy groups -OCH3 is 1. The number of anilines is 1. The molecule has 4 heteroatoms. The van der Waals surface area contributed by atoms with Crippen LogP contribution in [0.25, 0.3) is 0 Å². The minimum atomic E-state index is 0.0874. The molecule has 0 spiro atoms. The number of rotatable bonds is 4. The van der Waals surface area contributed by atoms with Crippen molar-refractivity contribution in [3.63, 3.8) is 0 Å². The molecule has 1 aromatic heterocycles. The predicted molar refractivity (Wildman–Crippen MR) is 79.0 cm³/mol. The van der Waals surface area contributed by atoms with Crippen molar-refractivity contribution < 1.29 is 4.74 Å². The Morgan fingerprint density at radius 2 is 2.05 bits per heavy atom. The summed E-state index contributed by atoms with van der Waals surface area (Å²) in [5, 5.41) is 4.17. The first-order chi connectivity index (χ1) is 9.11. The molecule has 0 aliphatic heterocycles. The number of aryl methyl sites for hydroxylation is 1. The van der Waals surface area contributed by atoms with E-state index in [2.05, 4.69) is 17.2 Å². The molecule has 0 fully saturated rings. The summed E-state index contributed by atoms with van der Waals surface area (Å²) in [4.78, 5) is 4.22. The minimum Gasteiger partial charge on any atom is -0.493 e. The second-order valence-corrected chi connectivity index (χ2v) is 4.82. The van der Waals surface area contributed by atoms with E-state index in [0.717, 1.165) is 27.7 Å². The minimum absolute atomic E-state index is 0.0874. The number of nitrogens with zero attached hydrogens (tertiary/aromatic N) is 1. The van der Waals surface area contributed by atoms with Gasteiger partial charge in [0.15, 0.2) is 5.75 Å². The van der Waals surface area contributed by atoms with Crippen LogP contribution in [0.15, 0.2) is 36.5 Å². The zero-order chi connectivity index (χ0) is 13.8. The van der Waals surface area contributed by atoms with Gasteiger partial charge < -0.3 is 10.1 Å². The van der Waals surface area contributed by atoms with Gasteiger partial charge in [0.05, 0.1) is 25.0 Å². The number of hydrogen-bond acceptors (Lipinski definition) is 3. The molecule has 0 saturated heterocycles. The van der Waals surface area contributed by atoms with Crippen molar-refractivity contribution in [2.75, 3.05) is 12.4 Å². The van der Waals surface area contributed by atoms with E-state index in [-0.39, 0.29) is 6.04 Å². The second-order valence-electron chi connectivity index (χ2n) is 4.41. The van der Waals surface area contributed by atoms with Gasteiger partial charge in [-0.3, -0.25) is 4.98 Å². The van der Waals surface area contributed by atoms with Gasteiger partial charge in [0.1, 0.15) is 0 Å². The summed E-state index contributed by atoms with van der Waals surface area (Å²) in [6, 6.07) is 9.87. The summed E-state index contributed by atoms with van der Waals surface area (Å²) in [6.45, 7) is 4.02. The Morgan fingerprint density at radius 3 is 2.74 bits per heavy atom. The van der Waals surface area contributed by atoms with E-state index in [1.165, 1.54) is 0 Å². The van der Waals surface area contributed by atoms with Crippen LogP contribution >= 0.6 is 11.6 Å². The van der Waals surface area contributed by atoms with Crippen molar-refractivity contribution in [3.05, 3.63) is 52.8 Å². The van der Waals surface area contributed by atoms with E-state index in [1.54, 1.807) is 13.3 Å². The van der Waals surface area contributed by atoms with E-state index in [4.69, 9.17) is 16.3 Å². The molecule has 19 heavy (non-hydrogen) atoms. The normalized spacial score (nSPS) is 12.0. The van der Waals surface area contributed by atoms with Crippen molar-refractivity contribution in [1.29, 1.82) is 0 Å². The van der Waals surface area contributed by atoms with Gasteiger partial charge in [-0.15, -0.1) is 0 Å². The van der Waals surface area contributed by atoms with E-state index < -0.39 is 0 Å². The summed E-state index contributed by atoms with van der Waals surface area (Å²) in [5.41, 5.74) is 2.91. The molecule has 0 radical (unpaired) electrons. The highest BCUT2D eigenvalue weighted by atomic mass is 35.5. The Balaban J connectivity index is 2.26. The first kappa shape index (κ1) is 13.7. The maximum absolute atomic E-state index is 6.21. The lowest BCUT2D eigenvalue weighted by Gasteiger charge is -2.19. The van der Waals surface area contributed by atoms with Crippen molar-refractivity contribution in [3.8, 4) is 5.75 Å². The van der Waals surface area contributed by atoms with Crippen LogP contribution in [-0.2, 0) is 0 Å². The molecule has 2 rings (SSSR count). The maximum atomic E-state index is 6.21. The molecule has 100 valence electrons. The first-order valence-corrected chi connectivity index (χ1v) is 6.51. The third-order valence-electron chi connectivity index (χ3n) is 2.97. The Labute approximate surface area is 118 Å². The average Bonchev–Trinajstić information content (AvgIpc) is 2.39. The molecule has 1 atom stereocenters. The van der Waals surface area contributed by atoms with E-state index >= 15 is 0 Å². The standard InChI is InChI=1S/C15H17ClN2O/c1-10-8-14(15(19-3)9-17-10)18-11(2)12-6-4-5-7-13(12)16/h4-9,11H,1-3H3,(H,17,18). The lowest BCUT2D eigenvalue weighted by atomic mass is 10.1. The van der Waals surface area contributed by atoms with Crippen LogP contribution in [0.5, 0.6) is 5.75 Å². The highest BCUT2D eigenvalue weighted by molar-refractivity contribution is 6.31. The number of halogens is 1. The fourth-order valence-corrected chi connectivity index (χ4v) is 2.26. The van der Waals surface area contributed by atoms with Gasteiger partial charge >= 0.3 is 0 Å². The zero-order valence-electron chi connectivity index (χ0n) is 11.3. The van der Waals surface area contributed by atoms with E-state index in [9.17, 15) is 0 Å². The third kappa shape index (κ3) is 3.18. The van der Waals surface area contributed by atoms with Crippen LogP contribution in [0.1, 0.15) is 24.2 Å². The topological polar surface area (TPSA) is 34.1 Å². The molecular formula is C15H17ClN2O. The number of ether oxygens (including phenoxy) is 1. The molecule has 0 amide bonds. The van der Waals surface area contributed by atoms with Crippen molar-refractivity contribution >= 4 is 17.3 Å². The Morgan fingerprint density at radius 1 is 1.32 bits per heavy atom. The van der Waals surface area contributed by atoms with Crippen LogP contribution in [0, 0.1) is 6.92 Å². The lowest BCUT2D eigenvalue weighted by Crippen LogP contribution is -2.08. The molecule has 0 saturated carbocycles. The molecular weight excluding hydrogens is 260 g/mol. The number of aromatic nitrogens is 1. The monoisotopic (exact) mass is 276 g/mol. The average molecular weight is 277 g/mol. The molecule has 0 aliphatic rings. The number of nitrogens with one attached hydrogen (secondary N) is 1. The zero-order valence-corrected chi connectivity index (χ0v) is 12.0. The van der Waals surface area contributed by atoms with Gasteiger partial charge in [0.25, 0.3) is 0 Å². The summed E-state index contributed by atoms with van der Waals surface area (Å²) in [6.07, 6.45) is 1.72. The molecule has 1 N–H and O–H groups in total. The van der Waals surface area contributed by atoms with Gasteiger partial charge in [-0.1, -0.05) is 29.8 Å². The fraction of sp³-hybridized carbons (Fsp3) is 0.267. The number of pyridine rings is 1. The van der Waals surface area contributed by atoms with Crippen LogP contribution in [0.3, 0.4) is 0 Å². The molecule has 0 bridgehead atoms. The predicted octanol–water partition coefficient (Wildman–Crippen LogP) is 4.23.